The molecular weight excluding hydrogens is 214 g/mol. The van der Waals surface area contributed by atoms with Gasteiger partial charge in [0.1, 0.15) is 5.60 Å². The Hall–Kier alpha value is -1.17. The largest absolute Gasteiger partial charge is 0.458 e. The van der Waals surface area contributed by atoms with Gasteiger partial charge in [-0.2, -0.15) is 0 Å². The first kappa shape index (κ1) is 12.9. The summed E-state index contributed by atoms with van der Waals surface area (Å²) in [5.74, 6) is -0.890. The standard InChI is InChI=1S/C10H17NO5/c1-9(2,3)16-8(12)10(13)6-4-5-7(10)11(14)15/h7,13H,4-6H2,1-3H3/t7-,10-/m0/s1. The molecule has 0 spiro atoms. The third kappa shape index (κ3) is 2.49. The summed E-state index contributed by atoms with van der Waals surface area (Å²) in [6.45, 7) is 4.97. The lowest BCUT2D eigenvalue weighted by Gasteiger charge is -2.27. The molecule has 0 amide bonds. The fourth-order valence-corrected chi connectivity index (χ4v) is 1.85. The highest BCUT2D eigenvalue weighted by Gasteiger charge is 2.57. The monoisotopic (exact) mass is 231 g/mol. The number of rotatable bonds is 2. The molecule has 0 aliphatic heterocycles. The van der Waals surface area contributed by atoms with Gasteiger partial charge >= 0.3 is 5.97 Å². The zero-order valence-corrected chi connectivity index (χ0v) is 9.73. The van der Waals surface area contributed by atoms with Crippen LogP contribution in [0.1, 0.15) is 40.0 Å². The third-order valence-corrected chi connectivity index (χ3v) is 2.59. The first-order valence-corrected chi connectivity index (χ1v) is 5.26. The number of nitro groups is 1. The Labute approximate surface area is 93.7 Å². The van der Waals surface area contributed by atoms with Crippen LogP contribution >= 0.6 is 0 Å². The number of ether oxygens (including phenoxy) is 1. The van der Waals surface area contributed by atoms with E-state index in [1.54, 1.807) is 20.8 Å². The maximum Gasteiger partial charge on any atom is 0.345 e. The van der Waals surface area contributed by atoms with Crippen LogP contribution in [-0.4, -0.2) is 33.2 Å². The summed E-state index contributed by atoms with van der Waals surface area (Å²) in [6.07, 6.45) is 0.762. The average Bonchev–Trinajstić information content (AvgIpc) is 2.45. The molecule has 1 N–H and O–H groups in total. The molecule has 92 valence electrons. The molecule has 0 bridgehead atoms. The molecule has 1 rings (SSSR count). The van der Waals surface area contributed by atoms with Crippen LogP contribution in [0, 0.1) is 10.1 Å². The van der Waals surface area contributed by atoms with Gasteiger partial charge in [0.15, 0.2) is 0 Å². The van der Waals surface area contributed by atoms with E-state index in [1.807, 2.05) is 0 Å². The first-order valence-electron chi connectivity index (χ1n) is 5.26. The minimum Gasteiger partial charge on any atom is -0.458 e. The minimum atomic E-state index is -1.96. The molecule has 0 saturated heterocycles. The Morgan fingerprint density at radius 3 is 2.56 bits per heavy atom. The Balaban J connectivity index is 2.84. The third-order valence-electron chi connectivity index (χ3n) is 2.59. The van der Waals surface area contributed by atoms with Crippen LogP contribution in [-0.2, 0) is 9.53 Å². The number of carbonyl (C=O) groups is 1. The number of nitrogens with zero attached hydrogens (tertiary/aromatic N) is 1. The number of hydrogen-bond donors (Lipinski definition) is 1. The fourth-order valence-electron chi connectivity index (χ4n) is 1.85. The number of aliphatic hydroxyl groups is 1. The maximum atomic E-state index is 11.7. The van der Waals surface area contributed by atoms with Gasteiger partial charge in [0.2, 0.25) is 5.60 Å². The van der Waals surface area contributed by atoms with E-state index < -0.39 is 28.1 Å². The highest BCUT2D eigenvalue weighted by molar-refractivity contribution is 5.80. The van der Waals surface area contributed by atoms with Crippen molar-refractivity contribution >= 4 is 5.97 Å². The van der Waals surface area contributed by atoms with Gasteiger partial charge in [-0.25, -0.2) is 4.79 Å². The molecule has 1 aliphatic rings. The predicted octanol–water partition coefficient (Wildman–Crippen LogP) is 0.888. The maximum absolute atomic E-state index is 11.7. The lowest BCUT2D eigenvalue weighted by Crippen LogP contribution is -2.51. The highest BCUT2D eigenvalue weighted by atomic mass is 16.6. The van der Waals surface area contributed by atoms with E-state index in [2.05, 4.69) is 0 Å². The molecule has 0 unspecified atom stereocenters. The Morgan fingerprint density at radius 1 is 1.56 bits per heavy atom. The van der Waals surface area contributed by atoms with Gasteiger partial charge in [-0.1, -0.05) is 0 Å². The van der Waals surface area contributed by atoms with Gasteiger partial charge in [-0.05, 0) is 33.6 Å². The molecule has 0 aromatic carbocycles. The van der Waals surface area contributed by atoms with E-state index >= 15 is 0 Å². The summed E-state index contributed by atoms with van der Waals surface area (Å²) >= 11 is 0. The van der Waals surface area contributed by atoms with Crippen LogP contribution in [0.4, 0.5) is 0 Å². The van der Waals surface area contributed by atoms with Crippen LogP contribution in [0.5, 0.6) is 0 Å². The molecule has 0 heterocycles. The Morgan fingerprint density at radius 2 is 2.12 bits per heavy atom. The van der Waals surface area contributed by atoms with Gasteiger partial charge < -0.3 is 9.84 Å². The Kier molecular flexibility index (Phi) is 3.23. The number of hydrogen-bond acceptors (Lipinski definition) is 5. The van der Waals surface area contributed by atoms with Crippen molar-refractivity contribution in [3.05, 3.63) is 10.1 Å². The van der Waals surface area contributed by atoms with E-state index in [9.17, 15) is 20.0 Å². The van der Waals surface area contributed by atoms with E-state index in [1.165, 1.54) is 0 Å². The fraction of sp³-hybridized carbons (Fsp3) is 0.900. The van der Waals surface area contributed by atoms with Crippen molar-refractivity contribution in [2.24, 2.45) is 0 Å². The van der Waals surface area contributed by atoms with Crippen LogP contribution < -0.4 is 0 Å². The van der Waals surface area contributed by atoms with Gasteiger partial charge in [0.05, 0.1) is 0 Å². The number of esters is 1. The molecule has 6 nitrogen and oxygen atoms in total. The molecule has 1 aliphatic carbocycles. The molecule has 1 saturated carbocycles. The van der Waals surface area contributed by atoms with Crippen molar-refractivity contribution < 1.29 is 19.6 Å². The lowest BCUT2D eigenvalue weighted by molar-refractivity contribution is -0.537. The first-order chi connectivity index (χ1) is 7.17. The molecule has 1 fully saturated rings. The van der Waals surface area contributed by atoms with Crippen molar-refractivity contribution in [2.75, 3.05) is 0 Å². The molecule has 0 radical (unpaired) electrons. The Bertz CT molecular complexity index is 309. The van der Waals surface area contributed by atoms with Crippen molar-refractivity contribution in [3.63, 3.8) is 0 Å². The van der Waals surface area contributed by atoms with Crippen LogP contribution in [0.25, 0.3) is 0 Å². The summed E-state index contributed by atoms with van der Waals surface area (Å²) in [6, 6.07) is -1.25. The SMILES string of the molecule is CC(C)(C)OC(=O)[C@]1(O)CCC[C@@H]1[N+](=O)[O-]. The van der Waals surface area contributed by atoms with Crippen LogP contribution in [0.3, 0.4) is 0 Å². The van der Waals surface area contributed by atoms with Crippen LogP contribution in [0.2, 0.25) is 0 Å². The minimum absolute atomic E-state index is 0.0908. The second-order valence-corrected chi connectivity index (χ2v) is 5.12. The van der Waals surface area contributed by atoms with Crippen LogP contribution in [0.15, 0.2) is 0 Å². The van der Waals surface area contributed by atoms with Crippen molar-refractivity contribution in [1.82, 2.24) is 0 Å². The highest BCUT2D eigenvalue weighted by Crippen LogP contribution is 2.34. The molecule has 0 aromatic heterocycles. The molecule has 6 heteroatoms. The van der Waals surface area contributed by atoms with Crippen molar-refractivity contribution in [2.45, 2.75) is 57.3 Å². The second kappa shape index (κ2) is 4.01. The van der Waals surface area contributed by atoms with E-state index in [0.29, 0.717) is 6.42 Å². The molecule has 16 heavy (non-hydrogen) atoms. The van der Waals surface area contributed by atoms with E-state index in [-0.39, 0.29) is 12.8 Å². The predicted molar refractivity (Wildman–Crippen MR) is 55.4 cm³/mol. The summed E-state index contributed by atoms with van der Waals surface area (Å²) in [5, 5.41) is 20.8. The van der Waals surface area contributed by atoms with E-state index in [0.717, 1.165) is 0 Å². The topological polar surface area (TPSA) is 89.7 Å². The lowest BCUT2D eigenvalue weighted by atomic mass is 9.98. The van der Waals surface area contributed by atoms with Crippen molar-refractivity contribution in [1.29, 1.82) is 0 Å². The zero-order valence-electron chi connectivity index (χ0n) is 9.73. The summed E-state index contributed by atoms with van der Waals surface area (Å²) in [5.41, 5.74) is -2.71. The van der Waals surface area contributed by atoms with Gasteiger partial charge in [0, 0.05) is 11.3 Å². The van der Waals surface area contributed by atoms with Gasteiger partial charge in [-0.15, -0.1) is 0 Å². The summed E-state index contributed by atoms with van der Waals surface area (Å²) < 4.78 is 5.01. The average molecular weight is 231 g/mol. The molecule has 2 atom stereocenters. The number of carbonyl (C=O) groups excluding carboxylic acids is 1. The molecular formula is C10H17NO5. The van der Waals surface area contributed by atoms with Gasteiger partial charge in [-0.3, -0.25) is 10.1 Å². The smallest absolute Gasteiger partial charge is 0.345 e. The van der Waals surface area contributed by atoms with Crippen molar-refractivity contribution in [3.8, 4) is 0 Å². The second-order valence-electron chi connectivity index (χ2n) is 5.12. The van der Waals surface area contributed by atoms with Gasteiger partial charge in [0.25, 0.3) is 6.04 Å². The summed E-state index contributed by atoms with van der Waals surface area (Å²) in [4.78, 5) is 21.8. The molecule has 0 aromatic rings. The summed E-state index contributed by atoms with van der Waals surface area (Å²) in [7, 11) is 0. The quantitative estimate of drug-likeness (QED) is 0.433. The zero-order chi connectivity index (χ0) is 12.6. The van der Waals surface area contributed by atoms with E-state index in [4.69, 9.17) is 4.74 Å². The normalized spacial score (nSPS) is 30.1.